The van der Waals surface area contributed by atoms with Gasteiger partial charge in [-0.25, -0.2) is 9.78 Å². The molecule has 12 nitrogen and oxygen atoms in total. The second kappa shape index (κ2) is 10.0. The number of amides is 6. The van der Waals surface area contributed by atoms with Crippen molar-refractivity contribution in [2.24, 2.45) is 5.73 Å². The van der Waals surface area contributed by atoms with Crippen LogP contribution in [0.1, 0.15) is 57.1 Å². The van der Waals surface area contributed by atoms with Gasteiger partial charge in [-0.05, 0) is 32.6 Å². The van der Waals surface area contributed by atoms with Crippen LogP contribution in [0.5, 0.6) is 0 Å². The first-order chi connectivity index (χ1) is 15.6. The van der Waals surface area contributed by atoms with Crippen molar-refractivity contribution in [3.8, 4) is 0 Å². The molecule has 0 saturated carbocycles. The Morgan fingerprint density at radius 1 is 1.36 bits per heavy atom. The van der Waals surface area contributed by atoms with Gasteiger partial charge in [0.25, 0.3) is 0 Å². The van der Waals surface area contributed by atoms with Gasteiger partial charge in [-0.15, -0.1) is 0 Å². The van der Waals surface area contributed by atoms with Crippen molar-refractivity contribution in [2.45, 2.75) is 62.9 Å². The Morgan fingerprint density at radius 3 is 2.79 bits per heavy atom. The number of hydrogen-bond acceptors (Lipinski definition) is 6. The maximum Gasteiger partial charge on any atom is 0.324 e. The van der Waals surface area contributed by atoms with E-state index in [0.29, 0.717) is 25.8 Å². The number of hydrogen-bond donors (Lipinski definition) is 4. The molecule has 3 rings (SSSR count). The summed E-state index contributed by atoms with van der Waals surface area (Å²) in [5.41, 5.74) is 5.31. The van der Waals surface area contributed by atoms with Crippen LogP contribution in [0.4, 0.5) is 4.79 Å². The molecule has 0 unspecified atom stereocenters. The fraction of sp³-hybridized carbons (Fsp3) is 0.619. The fourth-order valence-corrected chi connectivity index (χ4v) is 4.35. The minimum absolute atomic E-state index is 0.0903. The predicted molar refractivity (Wildman–Crippen MR) is 116 cm³/mol. The third-order valence-corrected chi connectivity index (χ3v) is 6.58. The smallest absolute Gasteiger partial charge is 0.324 e. The van der Waals surface area contributed by atoms with Crippen molar-refractivity contribution in [1.29, 1.82) is 0 Å². The molecule has 33 heavy (non-hydrogen) atoms. The number of imide groups is 1. The van der Waals surface area contributed by atoms with Crippen molar-refractivity contribution in [3.05, 3.63) is 18.2 Å². The number of imidazole rings is 1. The van der Waals surface area contributed by atoms with Gasteiger partial charge >= 0.3 is 6.03 Å². The number of H-pyrrole nitrogens is 1. The molecule has 1 aromatic heterocycles. The first kappa shape index (κ1) is 24.2. The Kier molecular flexibility index (Phi) is 7.34. The van der Waals surface area contributed by atoms with E-state index in [0.717, 1.165) is 10.6 Å². The lowest BCUT2D eigenvalue weighted by molar-refractivity contribution is -0.142. The zero-order valence-electron chi connectivity index (χ0n) is 18.9. The second-order valence-electron chi connectivity index (χ2n) is 8.77. The van der Waals surface area contributed by atoms with Crippen molar-refractivity contribution in [3.63, 3.8) is 0 Å². The Bertz CT molecular complexity index is 918. The molecule has 0 aromatic carbocycles. The molecule has 6 amide bonds. The van der Waals surface area contributed by atoms with Crippen LogP contribution < -0.4 is 16.4 Å². The summed E-state index contributed by atoms with van der Waals surface area (Å²) < 4.78 is 0. The summed E-state index contributed by atoms with van der Waals surface area (Å²) in [4.78, 5) is 70.9. The number of nitrogens with zero attached hydrogens (tertiary/aromatic N) is 3. The molecule has 1 aromatic rings. The van der Waals surface area contributed by atoms with Crippen molar-refractivity contribution in [2.75, 3.05) is 20.1 Å². The molecule has 0 spiro atoms. The molecule has 3 atom stereocenters. The number of likely N-dealkylation sites (tertiary alicyclic amines) is 1. The first-order valence-electron chi connectivity index (χ1n) is 11.1. The zero-order valence-corrected chi connectivity index (χ0v) is 18.9. The molecule has 2 aliphatic heterocycles. The van der Waals surface area contributed by atoms with E-state index in [4.69, 9.17) is 5.73 Å². The number of carbonyl (C=O) groups excluding carboxylic acids is 5. The molecule has 2 saturated heterocycles. The lowest BCUT2D eigenvalue weighted by atomic mass is 9.94. The summed E-state index contributed by atoms with van der Waals surface area (Å²) in [6.07, 6.45) is 5.25. The number of aromatic amines is 1. The molecule has 2 aliphatic rings. The maximum atomic E-state index is 13.1. The lowest BCUT2D eigenvalue weighted by Gasteiger charge is -2.33. The van der Waals surface area contributed by atoms with E-state index >= 15 is 0 Å². The van der Waals surface area contributed by atoms with E-state index in [1.165, 1.54) is 13.4 Å². The molecular weight excluding hydrogens is 430 g/mol. The number of nitrogens with one attached hydrogen (secondary N) is 3. The third-order valence-electron chi connectivity index (χ3n) is 6.58. The highest BCUT2D eigenvalue weighted by Gasteiger charge is 2.44. The Morgan fingerprint density at radius 2 is 2.12 bits per heavy atom. The van der Waals surface area contributed by atoms with Gasteiger partial charge in [-0.1, -0.05) is 0 Å². The average molecular weight is 462 g/mol. The second-order valence-corrected chi connectivity index (χ2v) is 8.77. The summed E-state index contributed by atoms with van der Waals surface area (Å²) in [6.45, 7) is 2.41. The van der Waals surface area contributed by atoms with Gasteiger partial charge in [0.2, 0.25) is 23.6 Å². The van der Waals surface area contributed by atoms with Crippen molar-refractivity contribution < 1.29 is 24.0 Å². The Balaban J connectivity index is 1.60. The van der Waals surface area contributed by atoms with Crippen LogP contribution in [0.25, 0.3) is 0 Å². The van der Waals surface area contributed by atoms with Crippen LogP contribution in [0.3, 0.4) is 0 Å². The lowest BCUT2D eigenvalue weighted by Crippen LogP contribution is -2.54. The monoisotopic (exact) mass is 461 g/mol. The summed E-state index contributed by atoms with van der Waals surface area (Å²) >= 11 is 0. The largest absolute Gasteiger partial charge is 0.368 e. The summed E-state index contributed by atoms with van der Waals surface area (Å²) in [6, 6.07) is -1.42. The normalized spacial score (nSPS) is 24.2. The zero-order chi connectivity index (χ0) is 24.2. The van der Waals surface area contributed by atoms with Gasteiger partial charge in [0.05, 0.1) is 6.33 Å². The molecule has 0 radical (unpaired) electrons. The Labute approximate surface area is 191 Å². The van der Waals surface area contributed by atoms with E-state index < -0.39 is 23.5 Å². The topological polar surface area (TPSA) is 171 Å². The van der Waals surface area contributed by atoms with Gasteiger partial charge in [0, 0.05) is 50.8 Å². The standard InChI is InChI=1S/C21H31N7O5/c1-21(19(22)32)7-3-9-28(21)17(30)10-13(15-11-23-12-25-15)6-8-24-18(31)14-4-5-16(29)27(2)20(33)26-14/h11-14H,3-10H2,1-2H3,(H2,22,32)(H,23,25)(H,24,31)(H,26,33)/t13-,14-,21+/m1/s1. The predicted octanol–water partition coefficient (Wildman–Crippen LogP) is -0.413. The molecule has 0 bridgehead atoms. The fourth-order valence-electron chi connectivity index (χ4n) is 4.35. The molecule has 5 N–H and O–H groups in total. The van der Waals surface area contributed by atoms with Gasteiger partial charge in [0.1, 0.15) is 11.6 Å². The number of urea groups is 1. The van der Waals surface area contributed by atoms with Crippen LogP contribution in [-0.4, -0.2) is 81.1 Å². The molecular formula is C21H31N7O5. The third kappa shape index (κ3) is 5.32. The number of nitrogens with two attached hydrogens (primary N) is 1. The van der Waals surface area contributed by atoms with Crippen LogP contribution in [0.2, 0.25) is 0 Å². The quantitative estimate of drug-likeness (QED) is 0.410. The molecule has 0 aliphatic carbocycles. The van der Waals surface area contributed by atoms with E-state index in [2.05, 4.69) is 20.6 Å². The highest BCUT2D eigenvalue weighted by atomic mass is 16.2. The van der Waals surface area contributed by atoms with Crippen LogP contribution in [0, 0.1) is 0 Å². The molecule has 12 heteroatoms. The van der Waals surface area contributed by atoms with Crippen LogP contribution in [-0.2, 0) is 19.2 Å². The molecule has 180 valence electrons. The van der Waals surface area contributed by atoms with Gasteiger partial charge in [0.15, 0.2) is 0 Å². The number of aromatic nitrogens is 2. The summed E-state index contributed by atoms with van der Waals surface area (Å²) in [5.74, 6) is -1.70. The SMILES string of the molecule is CN1C(=O)CC[C@H](C(=O)NCC[C@H](CC(=O)N2CCC[C@@]2(C)C(N)=O)c2cnc[nH]2)NC1=O. The Hall–Kier alpha value is -3.44. The van der Waals surface area contributed by atoms with E-state index in [1.807, 2.05) is 0 Å². The molecule has 3 heterocycles. The van der Waals surface area contributed by atoms with Crippen molar-refractivity contribution >= 4 is 29.7 Å². The number of carbonyl (C=O) groups is 5. The van der Waals surface area contributed by atoms with Crippen LogP contribution >= 0.6 is 0 Å². The first-order valence-corrected chi connectivity index (χ1v) is 11.1. The van der Waals surface area contributed by atoms with E-state index in [1.54, 1.807) is 18.0 Å². The minimum Gasteiger partial charge on any atom is -0.368 e. The highest BCUT2D eigenvalue weighted by Crippen LogP contribution is 2.31. The summed E-state index contributed by atoms with van der Waals surface area (Å²) in [5, 5.41) is 5.33. The minimum atomic E-state index is -0.994. The highest BCUT2D eigenvalue weighted by molar-refractivity contribution is 5.98. The summed E-state index contributed by atoms with van der Waals surface area (Å²) in [7, 11) is 1.37. The molecule has 2 fully saturated rings. The number of rotatable bonds is 8. The van der Waals surface area contributed by atoms with E-state index in [9.17, 15) is 24.0 Å². The van der Waals surface area contributed by atoms with Crippen molar-refractivity contribution in [1.82, 2.24) is 30.4 Å². The van der Waals surface area contributed by atoms with Gasteiger partial charge < -0.3 is 26.3 Å². The van der Waals surface area contributed by atoms with Gasteiger partial charge in [-0.3, -0.25) is 24.1 Å². The van der Waals surface area contributed by atoms with Gasteiger partial charge in [-0.2, -0.15) is 0 Å². The maximum absolute atomic E-state index is 13.1. The van der Waals surface area contributed by atoms with Crippen LogP contribution in [0.15, 0.2) is 12.5 Å². The van der Waals surface area contributed by atoms with E-state index in [-0.39, 0.29) is 49.4 Å². The average Bonchev–Trinajstić information content (AvgIpc) is 3.42. The number of primary amides is 1.